The van der Waals surface area contributed by atoms with Gasteiger partial charge in [0.25, 0.3) is 0 Å². The standard InChI is InChI=1S/C8H11ClN2/c9-4-1-8(10)7-2-5-11-6-3-7/h2-3,5-6,8H,1,4,10H2. The van der Waals surface area contributed by atoms with E-state index in [4.69, 9.17) is 17.3 Å². The lowest BCUT2D eigenvalue weighted by atomic mass is 10.1. The summed E-state index contributed by atoms with van der Waals surface area (Å²) in [7, 11) is 0. The predicted molar refractivity (Wildman–Crippen MR) is 46.5 cm³/mol. The smallest absolute Gasteiger partial charge is 0.0307 e. The van der Waals surface area contributed by atoms with E-state index in [0.29, 0.717) is 5.88 Å². The average Bonchev–Trinajstić information content (AvgIpc) is 2.07. The van der Waals surface area contributed by atoms with Gasteiger partial charge in [-0.1, -0.05) is 0 Å². The molecular weight excluding hydrogens is 160 g/mol. The van der Waals surface area contributed by atoms with Gasteiger partial charge in [0.2, 0.25) is 0 Å². The highest BCUT2D eigenvalue weighted by molar-refractivity contribution is 6.17. The van der Waals surface area contributed by atoms with Crippen molar-refractivity contribution in [2.24, 2.45) is 5.73 Å². The zero-order chi connectivity index (χ0) is 8.10. The first-order valence-electron chi connectivity index (χ1n) is 3.56. The normalized spacial score (nSPS) is 12.9. The monoisotopic (exact) mass is 170 g/mol. The molecule has 1 rings (SSSR count). The Bertz CT molecular complexity index is 201. The molecule has 0 spiro atoms. The molecule has 2 N–H and O–H groups in total. The van der Waals surface area contributed by atoms with Gasteiger partial charge in [0, 0.05) is 24.3 Å². The molecule has 0 saturated heterocycles. The molecule has 0 aliphatic carbocycles. The third kappa shape index (κ3) is 2.48. The molecule has 0 radical (unpaired) electrons. The second-order valence-electron chi connectivity index (χ2n) is 2.36. The van der Waals surface area contributed by atoms with Gasteiger partial charge in [0.1, 0.15) is 0 Å². The van der Waals surface area contributed by atoms with Crippen molar-refractivity contribution in [1.82, 2.24) is 4.98 Å². The van der Waals surface area contributed by atoms with Gasteiger partial charge < -0.3 is 5.73 Å². The molecule has 3 heteroatoms. The van der Waals surface area contributed by atoms with E-state index in [1.165, 1.54) is 0 Å². The fraction of sp³-hybridized carbons (Fsp3) is 0.375. The van der Waals surface area contributed by atoms with Crippen LogP contribution < -0.4 is 5.73 Å². The maximum atomic E-state index is 5.79. The Kier molecular flexibility index (Phi) is 3.33. The van der Waals surface area contributed by atoms with Crippen LogP contribution in [-0.4, -0.2) is 10.9 Å². The van der Waals surface area contributed by atoms with Gasteiger partial charge in [0.15, 0.2) is 0 Å². The fourth-order valence-electron chi connectivity index (χ4n) is 0.895. The number of pyridine rings is 1. The summed E-state index contributed by atoms with van der Waals surface area (Å²) in [6.07, 6.45) is 4.29. The Morgan fingerprint density at radius 3 is 2.64 bits per heavy atom. The van der Waals surface area contributed by atoms with E-state index in [9.17, 15) is 0 Å². The van der Waals surface area contributed by atoms with E-state index in [1.807, 2.05) is 12.1 Å². The maximum absolute atomic E-state index is 5.79. The van der Waals surface area contributed by atoms with Crippen molar-refractivity contribution in [1.29, 1.82) is 0 Å². The summed E-state index contributed by atoms with van der Waals surface area (Å²) in [4.78, 5) is 3.90. The van der Waals surface area contributed by atoms with Crippen LogP contribution >= 0.6 is 11.6 Å². The molecular formula is C8H11ClN2. The summed E-state index contributed by atoms with van der Waals surface area (Å²) in [5, 5.41) is 0. The van der Waals surface area contributed by atoms with Crippen molar-refractivity contribution < 1.29 is 0 Å². The summed E-state index contributed by atoms with van der Waals surface area (Å²) in [5.74, 6) is 0.601. The number of hydrogen-bond donors (Lipinski definition) is 1. The van der Waals surface area contributed by atoms with Crippen LogP contribution in [0, 0.1) is 0 Å². The Morgan fingerprint density at radius 2 is 2.09 bits per heavy atom. The second-order valence-corrected chi connectivity index (χ2v) is 2.74. The topological polar surface area (TPSA) is 38.9 Å². The van der Waals surface area contributed by atoms with Crippen molar-refractivity contribution in [3.63, 3.8) is 0 Å². The summed E-state index contributed by atoms with van der Waals surface area (Å²) < 4.78 is 0. The van der Waals surface area contributed by atoms with Crippen LogP contribution in [0.25, 0.3) is 0 Å². The highest BCUT2D eigenvalue weighted by atomic mass is 35.5. The van der Waals surface area contributed by atoms with E-state index >= 15 is 0 Å². The molecule has 1 aromatic heterocycles. The Morgan fingerprint density at radius 1 is 1.45 bits per heavy atom. The number of rotatable bonds is 3. The van der Waals surface area contributed by atoms with E-state index < -0.39 is 0 Å². The third-order valence-electron chi connectivity index (χ3n) is 1.55. The molecule has 0 amide bonds. The maximum Gasteiger partial charge on any atom is 0.0307 e. The lowest BCUT2D eigenvalue weighted by Gasteiger charge is -2.08. The number of nitrogens with two attached hydrogens (primary N) is 1. The quantitative estimate of drug-likeness (QED) is 0.702. The van der Waals surface area contributed by atoms with Crippen LogP contribution in [0.3, 0.4) is 0 Å². The van der Waals surface area contributed by atoms with Crippen LogP contribution in [0.1, 0.15) is 18.0 Å². The zero-order valence-electron chi connectivity index (χ0n) is 6.20. The Labute approximate surface area is 71.4 Å². The molecule has 0 aliphatic heterocycles. The largest absolute Gasteiger partial charge is 0.324 e. The van der Waals surface area contributed by atoms with Gasteiger partial charge in [-0.15, -0.1) is 11.6 Å². The highest BCUT2D eigenvalue weighted by Crippen LogP contribution is 2.12. The van der Waals surface area contributed by atoms with Crippen molar-refractivity contribution in [3.05, 3.63) is 30.1 Å². The lowest BCUT2D eigenvalue weighted by molar-refractivity contribution is 0.701. The summed E-state index contributed by atoms with van der Waals surface area (Å²) in [6.45, 7) is 0. The summed E-state index contributed by atoms with van der Waals surface area (Å²) in [5.41, 5.74) is 6.89. The molecule has 11 heavy (non-hydrogen) atoms. The molecule has 60 valence electrons. The molecule has 0 aromatic carbocycles. The van der Waals surface area contributed by atoms with E-state index in [1.54, 1.807) is 12.4 Å². The van der Waals surface area contributed by atoms with E-state index in [0.717, 1.165) is 12.0 Å². The van der Waals surface area contributed by atoms with Crippen LogP contribution in [0.5, 0.6) is 0 Å². The van der Waals surface area contributed by atoms with Crippen LogP contribution in [0.2, 0.25) is 0 Å². The van der Waals surface area contributed by atoms with Crippen molar-refractivity contribution in [2.75, 3.05) is 5.88 Å². The van der Waals surface area contributed by atoms with Crippen LogP contribution in [0.4, 0.5) is 0 Å². The van der Waals surface area contributed by atoms with Crippen LogP contribution in [-0.2, 0) is 0 Å². The fourth-order valence-corrected chi connectivity index (χ4v) is 1.13. The van der Waals surface area contributed by atoms with Gasteiger partial charge in [-0.25, -0.2) is 0 Å². The number of alkyl halides is 1. The molecule has 0 aliphatic rings. The van der Waals surface area contributed by atoms with Gasteiger partial charge in [-0.2, -0.15) is 0 Å². The van der Waals surface area contributed by atoms with Gasteiger partial charge >= 0.3 is 0 Å². The minimum atomic E-state index is 0.0514. The highest BCUT2D eigenvalue weighted by Gasteiger charge is 2.02. The molecule has 0 fully saturated rings. The summed E-state index contributed by atoms with van der Waals surface area (Å²) >= 11 is 5.55. The first kappa shape index (κ1) is 8.50. The second kappa shape index (κ2) is 4.31. The van der Waals surface area contributed by atoms with E-state index in [-0.39, 0.29) is 6.04 Å². The first-order chi connectivity index (χ1) is 5.34. The average molecular weight is 171 g/mol. The van der Waals surface area contributed by atoms with Gasteiger partial charge in [0.05, 0.1) is 0 Å². The molecule has 1 aromatic rings. The number of nitrogens with zero attached hydrogens (tertiary/aromatic N) is 1. The Balaban J connectivity index is 2.61. The van der Waals surface area contributed by atoms with Crippen LogP contribution in [0.15, 0.2) is 24.5 Å². The number of halogens is 1. The van der Waals surface area contributed by atoms with E-state index in [2.05, 4.69) is 4.98 Å². The molecule has 0 bridgehead atoms. The molecule has 0 saturated carbocycles. The van der Waals surface area contributed by atoms with Gasteiger partial charge in [-0.05, 0) is 24.1 Å². The van der Waals surface area contributed by atoms with Crippen molar-refractivity contribution in [3.8, 4) is 0 Å². The zero-order valence-corrected chi connectivity index (χ0v) is 6.96. The SMILES string of the molecule is NC(CCCl)c1ccncc1. The molecule has 1 atom stereocenters. The summed E-state index contributed by atoms with van der Waals surface area (Å²) in [6, 6.07) is 3.88. The molecule has 1 heterocycles. The minimum Gasteiger partial charge on any atom is -0.324 e. The predicted octanol–water partition coefficient (Wildman–Crippen LogP) is 1.71. The van der Waals surface area contributed by atoms with Gasteiger partial charge in [-0.3, -0.25) is 4.98 Å². The lowest BCUT2D eigenvalue weighted by Crippen LogP contribution is -2.10. The van der Waals surface area contributed by atoms with Crippen molar-refractivity contribution in [2.45, 2.75) is 12.5 Å². The minimum absolute atomic E-state index is 0.0514. The van der Waals surface area contributed by atoms with Crippen molar-refractivity contribution >= 4 is 11.6 Å². The molecule has 1 unspecified atom stereocenters. The number of hydrogen-bond acceptors (Lipinski definition) is 2. The third-order valence-corrected chi connectivity index (χ3v) is 1.77. The first-order valence-corrected chi connectivity index (χ1v) is 4.09. The Hall–Kier alpha value is -0.600. The molecule has 2 nitrogen and oxygen atoms in total. The number of aromatic nitrogens is 1.